The average molecular weight is 272 g/mol. The zero-order valence-corrected chi connectivity index (χ0v) is 10.4. The maximum absolute atomic E-state index is 10.9. The number of carbonyl (C=O) groups is 1. The lowest BCUT2D eigenvalue weighted by Crippen LogP contribution is -2.05. The highest BCUT2D eigenvalue weighted by molar-refractivity contribution is 5.92. The molecule has 0 heterocycles. The summed E-state index contributed by atoms with van der Waals surface area (Å²) in [7, 11) is 0. The number of rotatable bonds is 5. The van der Waals surface area contributed by atoms with Gasteiger partial charge in [0, 0.05) is 18.3 Å². The summed E-state index contributed by atoms with van der Waals surface area (Å²) in [6, 6.07) is 13.5. The third kappa shape index (κ3) is 3.11. The molecule has 0 bridgehead atoms. The standard InChI is InChI=1S/C14H12N2O4/c17-14(18)12-7-6-10(8-13(12)16(19)20)9-15-11-4-2-1-3-5-11/h1-8,15H,9H2,(H,17,18). The van der Waals surface area contributed by atoms with Gasteiger partial charge in [0.05, 0.1) is 4.92 Å². The molecule has 0 saturated heterocycles. The zero-order valence-electron chi connectivity index (χ0n) is 10.4. The normalized spacial score (nSPS) is 10.0. The first-order valence-corrected chi connectivity index (χ1v) is 5.87. The summed E-state index contributed by atoms with van der Waals surface area (Å²) in [6.07, 6.45) is 0. The lowest BCUT2D eigenvalue weighted by molar-refractivity contribution is -0.385. The number of benzene rings is 2. The molecule has 0 atom stereocenters. The number of hydrogen-bond donors (Lipinski definition) is 2. The molecule has 0 aliphatic rings. The quantitative estimate of drug-likeness (QED) is 0.644. The molecule has 102 valence electrons. The van der Waals surface area contributed by atoms with Crippen LogP contribution < -0.4 is 5.32 Å². The molecule has 2 rings (SSSR count). The largest absolute Gasteiger partial charge is 0.477 e. The van der Waals surface area contributed by atoms with Gasteiger partial charge >= 0.3 is 5.97 Å². The van der Waals surface area contributed by atoms with Gasteiger partial charge in [0.25, 0.3) is 5.69 Å². The first kappa shape index (κ1) is 13.5. The second-order valence-electron chi connectivity index (χ2n) is 4.13. The molecule has 6 heteroatoms. The first-order valence-electron chi connectivity index (χ1n) is 5.87. The molecular weight excluding hydrogens is 260 g/mol. The van der Waals surface area contributed by atoms with E-state index in [9.17, 15) is 14.9 Å². The van der Waals surface area contributed by atoms with Crippen molar-refractivity contribution in [3.63, 3.8) is 0 Å². The smallest absolute Gasteiger partial charge is 0.342 e. The Morgan fingerprint density at radius 2 is 1.90 bits per heavy atom. The van der Waals surface area contributed by atoms with E-state index in [1.54, 1.807) is 6.07 Å². The summed E-state index contributed by atoms with van der Waals surface area (Å²) in [6.45, 7) is 0.380. The van der Waals surface area contributed by atoms with E-state index in [-0.39, 0.29) is 5.56 Å². The van der Waals surface area contributed by atoms with Gasteiger partial charge < -0.3 is 10.4 Å². The van der Waals surface area contributed by atoms with Crippen molar-refractivity contribution in [2.75, 3.05) is 5.32 Å². The fraction of sp³-hybridized carbons (Fsp3) is 0.0714. The topological polar surface area (TPSA) is 92.5 Å². The van der Waals surface area contributed by atoms with Crippen molar-refractivity contribution in [2.45, 2.75) is 6.54 Å². The Hall–Kier alpha value is -2.89. The zero-order chi connectivity index (χ0) is 14.5. The van der Waals surface area contributed by atoms with Gasteiger partial charge in [-0.3, -0.25) is 10.1 Å². The number of para-hydroxylation sites is 1. The van der Waals surface area contributed by atoms with Gasteiger partial charge in [-0.1, -0.05) is 24.3 Å². The van der Waals surface area contributed by atoms with Crippen LogP contribution in [0.25, 0.3) is 0 Å². The van der Waals surface area contributed by atoms with Crippen LogP contribution in [-0.4, -0.2) is 16.0 Å². The lowest BCUT2D eigenvalue weighted by atomic mass is 10.1. The van der Waals surface area contributed by atoms with Crippen molar-refractivity contribution in [3.8, 4) is 0 Å². The van der Waals surface area contributed by atoms with E-state index in [0.717, 1.165) is 5.69 Å². The molecule has 20 heavy (non-hydrogen) atoms. The van der Waals surface area contributed by atoms with Crippen molar-refractivity contribution < 1.29 is 14.8 Å². The third-order valence-corrected chi connectivity index (χ3v) is 2.76. The summed E-state index contributed by atoms with van der Waals surface area (Å²) in [5.74, 6) is -1.31. The minimum absolute atomic E-state index is 0.307. The van der Waals surface area contributed by atoms with E-state index in [1.165, 1.54) is 12.1 Å². The van der Waals surface area contributed by atoms with Crippen LogP contribution in [-0.2, 0) is 6.54 Å². The van der Waals surface area contributed by atoms with Gasteiger partial charge in [0.2, 0.25) is 0 Å². The number of anilines is 1. The molecule has 0 spiro atoms. The second kappa shape index (κ2) is 5.83. The van der Waals surface area contributed by atoms with Crippen LogP contribution in [0.3, 0.4) is 0 Å². The Bertz CT molecular complexity index is 641. The minimum Gasteiger partial charge on any atom is -0.477 e. The summed E-state index contributed by atoms with van der Waals surface area (Å²) >= 11 is 0. The first-order chi connectivity index (χ1) is 9.58. The van der Waals surface area contributed by atoms with E-state index in [2.05, 4.69) is 5.32 Å². The molecule has 0 saturated carbocycles. The predicted octanol–water partition coefficient (Wildman–Crippen LogP) is 2.91. The monoisotopic (exact) mass is 272 g/mol. The fourth-order valence-corrected chi connectivity index (χ4v) is 1.78. The van der Waals surface area contributed by atoms with Crippen molar-refractivity contribution in [1.82, 2.24) is 0 Å². The number of nitrogens with zero attached hydrogens (tertiary/aromatic N) is 1. The van der Waals surface area contributed by atoms with E-state index in [1.807, 2.05) is 30.3 Å². The number of nitro benzene ring substituents is 1. The van der Waals surface area contributed by atoms with Gasteiger partial charge in [-0.25, -0.2) is 4.79 Å². The third-order valence-electron chi connectivity index (χ3n) is 2.76. The highest BCUT2D eigenvalue weighted by Crippen LogP contribution is 2.21. The molecule has 0 unspecified atom stereocenters. The molecule has 0 aliphatic heterocycles. The van der Waals surface area contributed by atoms with Crippen molar-refractivity contribution in [1.29, 1.82) is 0 Å². The van der Waals surface area contributed by atoms with Crippen LogP contribution in [0.4, 0.5) is 11.4 Å². The number of carboxylic acids is 1. The summed E-state index contributed by atoms with van der Waals surface area (Å²) < 4.78 is 0. The van der Waals surface area contributed by atoms with Crippen LogP contribution in [0.5, 0.6) is 0 Å². The van der Waals surface area contributed by atoms with Gasteiger partial charge in [-0.15, -0.1) is 0 Å². The maximum Gasteiger partial charge on any atom is 0.342 e. The Balaban J connectivity index is 2.19. The van der Waals surface area contributed by atoms with E-state index in [0.29, 0.717) is 12.1 Å². The molecule has 0 radical (unpaired) electrons. The molecule has 0 aromatic heterocycles. The van der Waals surface area contributed by atoms with Gasteiger partial charge in [-0.2, -0.15) is 0 Å². The maximum atomic E-state index is 10.9. The Labute approximate surface area is 114 Å². The van der Waals surface area contributed by atoms with E-state index in [4.69, 9.17) is 5.11 Å². The van der Waals surface area contributed by atoms with Crippen molar-refractivity contribution in [2.24, 2.45) is 0 Å². The predicted molar refractivity (Wildman–Crippen MR) is 73.8 cm³/mol. The lowest BCUT2D eigenvalue weighted by Gasteiger charge is -2.07. The highest BCUT2D eigenvalue weighted by Gasteiger charge is 2.19. The molecular formula is C14H12N2O4. The minimum atomic E-state index is -1.31. The van der Waals surface area contributed by atoms with Gasteiger partial charge in [0.1, 0.15) is 5.56 Å². The van der Waals surface area contributed by atoms with Gasteiger partial charge in [-0.05, 0) is 23.8 Å². The Morgan fingerprint density at radius 3 is 2.50 bits per heavy atom. The molecule has 2 aromatic carbocycles. The van der Waals surface area contributed by atoms with Crippen LogP contribution in [0.2, 0.25) is 0 Å². The fourth-order valence-electron chi connectivity index (χ4n) is 1.78. The van der Waals surface area contributed by atoms with Crippen LogP contribution >= 0.6 is 0 Å². The van der Waals surface area contributed by atoms with Crippen molar-refractivity contribution >= 4 is 17.3 Å². The number of aromatic carboxylic acids is 1. The number of nitrogens with one attached hydrogen (secondary N) is 1. The van der Waals surface area contributed by atoms with Crippen molar-refractivity contribution in [3.05, 3.63) is 69.8 Å². The Kier molecular flexibility index (Phi) is 3.95. The van der Waals surface area contributed by atoms with Crippen LogP contribution in [0.1, 0.15) is 15.9 Å². The number of hydrogen-bond acceptors (Lipinski definition) is 4. The van der Waals surface area contributed by atoms with E-state index < -0.39 is 16.6 Å². The summed E-state index contributed by atoms with van der Waals surface area (Å²) in [4.78, 5) is 21.1. The van der Waals surface area contributed by atoms with Crippen LogP contribution in [0, 0.1) is 10.1 Å². The molecule has 2 aromatic rings. The van der Waals surface area contributed by atoms with Gasteiger partial charge in [0.15, 0.2) is 0 Å². The SMILES string of the molecule is O=C(O)c1ccc(CNc2ccccc2)cc1[N+](=O)[O-]. The summed E-state index contributed by atoms with van der Waals surface area (Å²) in [5.41, 5.74) is 0.825. The van der Waals surface area contributed by atoms with E-state index >= 15 is 0 Å². The highest BCUT2D eigenvalue weighted by atomic mass is 16.6. The number of nitro groups is 1. The van der Waals surface area contributed by atoms with Crippen LogP contribution in [0.15, 0.2) is 48.5 Å². The Morgan fingerprint density at radius 1 is 1.20 bits per heavy atom. The number of carboxylic acid groups (broad SMARTS) is 1. The molecule has 0 amide bonds. The molecule has 0 aliphatic carbocycles. The average Bonchev–Trinajstić information content (AvgIpc) is 2.45. The molecule has 2 N–H and O–H groups in total. The molecule has 6 nitrogen and oxygen atoms in total. The second-order valence-corrected chi connectivity index (χ2v) is 4.13. The summed E-state index contributed by atoms with van der Waals surface area (Å²) in [5, 5.41) is 22.9. The molecule has 0 fully saturated rings.